The first kappa shape index (κ1) is 18.3. The lowest BCUT2D eigenvalue weighted by atomic mass is 10.0. The molecule has 0 aliphatic carbocycles. The van der Waals surface area contributed by atoms with E-state index in [1.165, 1.54) is 11.8 Å². The molecule has 0 atom stereocenters. The first-order chi connectivity index (χ1) is 14.7. The van der Waals surface area contributed by atoms with E-state index in [4.69, 9.17) is 9.72 Å². The van der Waals surface area contributed by atoms with Gasteiger partial charge in [0, 0.05) is 16.0 Å². The minimum absolute atomic E-state index is 0.0320. The summed E-state index contributed by atoms with van der Waals surface area (Å²) < 4.78 is 7.09. The van der Waals surface area contributed by atoms with Gasteiger partial charge < -0.3 is 4.74 Å². The number of ether oxygens (including phenoxy) is 1. The van der Waals surface area contributed by atoms with E-state index in [2.05, 4.69) is 10.2 Å². The Labute approximate surface area is 176 Å². The van der Waals surface area contributed by atoms with Gasteiger partial charge in [0.05, 0.1) is 18.1 Å². The Morgan fingerprint density at radius 2 is 1.77 bits per heavy atom. The molecular formula is C23H16N4O2S. The Bertz CT molecular complexity index is 1370. The molecule has 3 aromatic carbocycles. The molecule has 6 nitrogen and oxygen atoms in total. The molecule has 0 unspecified atom stereocenters. The third kappa shape index (κ3) is 3.29. The average molecular weight is 412 g/mol. The number of carbonyl (C=O) groups is 1. The fraction of sp³-hybridized carbons (Fsp3) is 0.0435. The van der Waals surface area contributed by atoms with Crippen LogP contribution in [0.3, 0.4) is 0 Å². The summed E-state index contributed by atoms with van der Waals surface area (Å²) in [5.74, 6) is 0.768. The molecule has 0 bridgehead atoms. The average Bonchev–Trinajstić information content (AvgIpc) is 3.30. The fourth-order valence-corrected chi connectivity index (χ4v) is 4.12. The van der Waals surface area contributed by atoms with Crippen molar-refractivity contribution >= 4 is 34.2 Å². The summed E-state index contributed by atoms with van der Waals surface area (Å²) in [5.41, 5.74) is 3.45. The van der Waals surface area contributed by atoms with Gasteiger partial charge in [0.2, 0.25) is 0 Å². The molecular weight excluding hydrogens is 396 g/mol. The number of rotatable bonds is 5. The molecule has 5 aromatic rings. The highest BCUT2D eigenvalue weighted by molar-refractivity contribution is 7.99. The predicted molar refractivity (Wildman–Crippen MR) is 115 cm³/mol. The lowest BCUT2D eigenvalue weighted by molar-refractivity contribution is 0.103. The number of nitrogens with zero attached hydrogens (tertiary/aromatic N) is 4. The number of methoxy groups -OCH3 is 1. The highest BCUT2D eigenvalue weighted by Gasteiger charge is 2.15. The van der Waals surface area contributed by atoms with Crippen molar-refractivity contribution in [3.05, 3.63) is 90.3 Å². The van der Waals surface area contributed by atoms with Crippen LogP contribution in [0.15, 0.2) is 89.0 Å². The Morgan fingerprint density at radius 1 is 0.967 bits per heavy atom. The van der Waals surface area contributed by atoms with Gasteiger partial charge in [0.1, 0.15) is 17.1 Å². The van der Waals surface area contributed by atoms with Crippen LogP contribution in [-0.2, 0) is 0 Å². The van der Waals surface area contributed by atoms with Gasteiger partial charge in [-0.25, -0.2) is 4.98 Å². The molecule has 0 saturated heterocycles. The van der Waals surface area contributed by atoms with E-state index in [-0.39, 0.29) is 5.78 Å². The number of hydrogen-bond acceptors (Lipinski definition) is 6. The number of carbonyl (C=O) groups excluding carboxylic acids is 1. The van der Waals surface area contributed by atoms with Crippen LogP contribution in [0.2, 0.25) is 0 Å². The Balaban J connectivity index is 1.58. The first-order valence-corrected chi connectivity index (χ1v) is 10.1. The third-order valence-corrected chi connectivity index (χ3v) is 5.74. The molecule has 146 valence electrons. The zero-order valence-corrected chi connectivity index (χ0v) is 16.8. The molecule has 0 aliphatic heterocycles. The van der Waals surface area contributed by atoms with E-state index in [1.807, 2.05) is 77.2 Å². The van der Waals surface area contributed by atoms with Crippen LogP contribution >= 0.6 is 11.8 Å². The Kier molecular flexibility index (Phi) is 4.65. The fourth-order valence-electron chi connectivity index (χ4n) is 3.25. The van der Waals surface area contributed by atoms with Crippen LogP contribution in [0, 0.1) is 0 Å². The van der Waals surface area contributed by atoms with Crippen molar-refractivity contribution in [3.8, 4) is 5.75 Å². The predicted octanol–water partition coefficient (Wildman–Crippen LogP) is 4.67. The molecule has 0 saturated carbocycles. The van der Waals surface area contributed by atoms with Crippen molar-refractivity contribution in [3.63, 3.8) is 0 Å². The summed E-state index contributed by atoms with van der Waals surface area (Å²) in [6.45, 7) is 0. The van der Waals surface area contributed by atoms with Gasteiger partial charge in [0.25, 0.3) is 0 Å². The van der Waals surface area contributed by atoms with Crippen molar-refractivity contribution in [1.29, 1.82) is 0 Å². The molecule has 2 heterocycles. The van der Waals surface area contributed by atoms with E-state index in [0.29, 0.717) is 16.8 Å². The zero-order chi connectivity index (χ0) is 20.5. The van der Waals surface area contributed by atoms with Gasteiger partial charge in [-0.1, -0.05) is 42.1 Å². The molecule has 0 amide bonds. The number of aromatic nitrogens is 4. The van der Waals surface area contributed by atoms with Crippen molar-refractivity contribution in [2.75, 3.05) is 7.11 Å². The molecule has 7 heteroatoms. The number of fused-ring (bicyclic) bond motifs is 3. The summed E-state index contributed by atoms with van der Waals surface area (Å²) >= 11 is 1.51. The Hall–Kier alpha value is -3.71. The maximum absolute atomic E-state index is 12.8. The van der Waals surface area contributed by atoms with Gasteiger partial charge in [-0.3, -0.25) is 9.20 Å². The lowest BCUT2D eigenvalue weighted by Crippen LogP contribution is -2.02. The van der Waals surface area contributed by atoms with Crippen LogP contribution < -0.4 is 4.74 Å². The second kappa shape index (κ2) is 7.61. The molecule has 30 heavy (non-hydrogen) atoms. The van der Waals surface area contributed by atoms with Crippen LogP contribution in [0.5, 0.6) is 5.75 Å². The zero-order valence-electron chi connectivity index (χ0n) is 16.0. The second-order valence-corrected chi connectivity index (χ2v) is 7.68. The first-order valence-electron chi connectivity index (χ1n) is 9.28. The van der Waals surface area contributed by atoms with Crippen LogP contribution in [0.25, 0.3) is 16.7 Å². The second-order valence-electron chi connectivity index (χ2n) is 6.62. The topological polar surface area (TPSA) is 69.4 Å². The van der Waals surface area contributed by atoms with Crippen molar-refractivity contribution < 1.29 is 9.53 Å². The van der Waals surface area contributed by atoms with E-state index < -0.39 is 0 Å². The van der Waals surface area contributed by atoms with E-state index in [0.717, 1.165) is 26.7 Å². The third-order valence-electron chi connectivity index (χ3n) is 4.77. The summed E-state index contributed by atoms with van der Waals surface area (Å²) in [7, 11) is 1.64. The molecule has 0 N–H and O–H groups in total. The summed E-state index contributed by atoms with van der Waals surface area (Å²) in [5, 5.41) is 9.06. The highest BCUT2D eigenvalue weighted by Crippen LogP contribution is 2.32. The summed E-state index contributed by atoms with van der Waals surface area (Å²) in [6.07, 6.45) is 1.65. The van der Waals surface area contributed by atoms with E-state index in [1.54, 1.807) is 13.4 Å². The van der Waals surface area contributed by atoms with Crippen LogP contribution in [-0.4, -0.2) is 32.5 Å². The van der Waals surface area contributed by atoms with Gasteiger partial charge in [-0.2, -0.15) is 0 Å². The van der Waals surface area contributed by atoms with Crippen LogP contribution in [0.1, 0.15) is 15.9 Å². The quantitative estimate of drug-likeness (QED) is 0.391. The Morgan fingerprint density at radius 3 is 2.53 bits per heavy atom. The molecule has 0 fully saturated rings. The minimum Gasteiger partial charge on any atom is -0.497 e. The lowest BCUT2D eigenvalue weighted by Gasteiger charge is -2.08. The van der Waals surface area contributed by atoms with Crippen molar-refractivity contribution in [2.45, 2.75) is 9.92 Å². The van der Waals surface area contributed by atoms with Crippen molar-refractivity contribution in [2.24, 2.45) is 0 Å². The largest absolute Gasteiger partial charge is 0.497 e. The van der Waals surface area contributed by atoms with Crippen molar-refractivity contribution in [1.82, 2.24) is 19.6 Å². The molecule has 2 aromatic heterocycles. The smallest absolute Gasteiger partial charge is 0.194 e. The molecule has 0 aliphatic rings. The monoisotopic (exact) mass is 412 g/mol. The van der Waals surface area contributed by atoms with Gasteiger partial charge >= 0.3 is 0 Å². The van der Waals surface area contributed by atoms with E-state index in [9.17, 15) is 4.79 Å². The van der Waals surface area contributed by atoms with Gasteiger partial charge in [-0.05, 0) is 42.5 Å². The molecule has 0 radical (unpaired) electrons. The maximum atomic E-state index is 12.8. The molecule has 5 rings (SSSR count). The summed E-state index contributed by atoms with van der Waals surface area (Å²) in [4.78, 5) is 18.7. The molecule has 0 spiro atoms. The SMILES string of the molecule is COc1ccc(Sc2nc3ccc(C(=O)c4ccccc4)cc3n3cnnc23)cc1. The van der Waals surface area contributed by atoms with Gasteiger partial charge in [0.15, 0.2) is 11.4 Å². The van der Waals surface area contributed by atoms with E-state index >= 15 is 0 Å². The normalized spacial score (nSPS) is 11.1. The number of ketones is 1. The minimum atomic E-state index is -0.0320. The van der Waals surface area contributed by atoms with Gasteiger partial charge in [-0.15, -0.1) is 10.2 Å². The maximum Gasteiger partial charge on any atom is 0.194 e. The number of benzene rings is 3. The highest BCUT2D eigenvalue weighted by atomic mass is 32.2. The number of hydrogen-bond donors (Lipinski definition) is 0. The summed E-state index contributed by atoms with van der Waals surface area (Å²) in [6, 6.07) is 22.5. The van der Waals surface area contributed by atoms with Crippen LogP contribution in [0.4, 0.5) is 0 Å². The standard InChI is InChI=1S/C23H16N4O2S/c1-29-17-8-10-18(11-9-17)30-23-22-26-24-14-27(22)20-13-16(7-12-19(20)25-23)21(28)15-5-3-2-4-6-15/h2-14H,1H3.